The fraction of sp³-hybridized carbons (Fsp3) is 0.185. The van der Waals surface area contributed by atoms with E-state index in [4.69, 9.17) is 14.4 Å². The monoisotopic (exact) mass is 515 g/mol. The minimum Gasteiger partial charge on any atom is -0.445 e. The van der Waals surface area contributed by atoms with Gasteiger partial charge >= 0.3 is 0 Å². The number of amides is 1. The average molecular weight is 516 g/mol. The highest BCUT2D eigenvalue weighted by Gasteiger charge is 2.17. The second-order valence-electron chi connectivity index (χ2n) is 8.72. The Kier molecular flexibility index (Phi) is 6.89. The van der Waals surface area contributed by atoms with Gasteiger partial charge in [0, 0.05) is 66.6 Å². The van der Waals surface area contributed by atoms with Crippen LogP contribution in [-0.2, 0) is 0 Å². The number of imidazole rings is 1. The van der Waals surface area contributed by atoms with E-state index in [1.807, 2.05) is 53.9 Å². The van der Waals surface area contributed by atoms with Crippen LogP contribution < -0.4 is 15.5 Å². The highest BCUT2D eigenvalue weighted by atomic mass is 35.5. The summed E-state index contributed by atoms with van der Waals surface area (Å²) in [7, 11) is 0. The van der Waals surface area contributed by atoms with Gasteiger partial charge < -0.3 is 24.4 Å². The van der Waals surface area contributed by atoms with Gasteiger partial charge in [-0.25, -0.2) is 15.0 Å². The standard InChI is InChI=1S/C27H25N7O2.ClH/c1-18-2-8-22(20-5-9-24(30-16-20)33-13-10-28-11-14-33)25-32-23(17-34(18)25)26(35)31-21-6-3-19(4-7-21)27-29-12-15-36-27;/h2-9,12,15-17,28H,10-11,13-14H2,1H3,(H,31,35);1H. The van der Waals surface area contributed by atoms with E-state index < -0.39 is 0 Å². The third-order valence-electron chi connectivity index (χ3n) is 6.37. The minimum atomic E-state index is -0.278. The SMILES string of the molecule is Cc1ccc(-c2ccc(N3CCNCC3)nc2)c2nc(C(=O)Nc3ccc(-c4ncco4)cc3)cn12.Cl. The number of carbonyl (C=O) groups excluding carboxylic acids is 1. The summed E-state index contributed by atoms with van der Waals surface area (Å²) in [5, 5.41) is 6.29. The molecule has 0 bridgehead atoms. The zero-order chi connectivity index (χ0) is 24.5. The number of aromatic nitrogens is 4. The molecule has 1 amide bonds. The second-order valence-corrected chi connectivity index (χ2v) is 8.72. The minimum absolute atomic E-state index is 0. The zero-order valence-electron chi connectivity index (χ0n) is 20.2. The third kappa shape index (κ3) is 4.91. The molecule has 5 aromatic rings. The van der Waals surface area contributed by atoms with E-state index in [-0.39, 0.29) is 18.3 Å². The number of pyridine rings is 2. The molecule has 1 aromatic carbocycles. The van der Waals surface area contributed by atoms with Gasteiger partial charge in [0.1, 0.15) is 23.4 Å². The predicted molar refractivity (Wildman–Crippen MR) is 145 cm³/mol. The number of nitrogens with one attached hydrogen (secondary N) is 2. The largest absolute Gasteiger partial charge is 0.445 e. The number of fused-ring (bicyclic) bond motifs is 1. The van der Waals surface area contributed by atoms with Gasteiger partial charge in [-0.05, 0) is 55.5 Å². The van der Waals surface area contributed by atoms with Gasteiger partial charge in [-0.2, -0.15) is 0 Å². The first kappa shape index (κ1) is 24.5. The van der Waals surface area contributed by atoms with E-state index in [1.165, 1.54) is 6.26 Å². The second kappa shape index (κ2) is 10.4. The van der Waals surface area contributed by atoms with Crippen molar-refractivity contribution in [3.05, 3.63) is 84.8 Å². The Labute approximate surface area is 220 Å². The van der Waals surface area contributed by atoms with Gasteiger partial charge in [-0.15, -0.1) is 12.4 Å². The number of oxazole rings is 1. The van der Waals surface area contributed by atoms with E-state index in [1.54, 1.807) is 12.4 Å². The fourth-order valence-electron chi connectivity index (χ4n) is 4.42. The Morgan fingerprint density at radius 1 is 1.00 bits per heavy atom. The first-order valence-corrected chi connectivity index (χ1v) is 11.9. The number of piperazine rings is 1. The molecule has 0 spiro atoms. The molecule has 2 N–H and O–H groups in total. The first-order chi connectivity index (χ1) is 17.7. The number of hydrogen-bond donors (Lipinski definition) is 2. The van der Waals surface area contributed by atoms with Crippen molar-refractivity contribution in [3.8, 4) is 22.6 Å². The summed E-state index contributed by atoms with van der Waals surface area (Å²) in [4.78, 5) is 28.9. The van der Waals surface area contributed by atoms with Crippen molar-refractivity contribution in [2.45, 2.75) is 6.92 Å². The molecule has 6 rings (SSSR count). The molecule has 1 saturated heterocycles. The topological polar surface area (TPSA) is 101 Å². The van der Waals surface area contributed by atoms with Crippen LogP contribution in [0.15, 0.2) is 77.8 Å². The maximum absolute atomic E-state index is 13.0. The van der Waals surface area contributed by atoms with Crippen LogP contribution in [-0.4, -0.2) is 51.4 Å². The van der Waals surface area contributed by atoms with E-state index in [0.29, 0.717) is 17.3 Å². The predicted octanol–water partition coefficient (Wildman–Crippen LogP) is 4.44. The van der Waals surface area contributed by atoms with Crippen molar-refractivity contribution in [2.75, 3.05) is 36.4 Å². The molecule has 1 aliphatic heterocycles. The van der Waals surface area contributed by atoms with Crippen molar-refractivity contribution in [1.29, 1.82) is 0 Å². The number of nitrogens with zero attached hydrogens (tertiary/aromatic N) is 5. The summed E-state index contributed by atoms with van der Waals surface area (Å²) in [6.45, 7) is 5.82. The van der Waals surface area contributed by atoms with Crippen molar-refractivity contribution in [3.63, 3.8) is 0 Å². The van der Waals surface area contributed by atoms with Crippen molar-refractivity contribution >= 4 is 35.5 Å². The van der Waals surface area contributed by atoms with E-state index in [9.17, 15) is 4.79 Å². The van der Waals surface area contributed by atoms with Crippen LogP contribution in [0.4, 0.5) is 11.5 Å². The van der Waals surface area contributed by atoms with Gasteiger partial charge in [0.15, 0.2) is 0 Å². The Bertz CT molecular complexity index is 1510. The molecule has 37 heavy (non-hydrogen) atoms. The highest BCUT2D eigenvalue weighted by Crippen LogP contribution is 2.27. The fourth-order valence-corrected chi connectivity index (χ4v) is 4.42. The molecule has 0 saturated carbocycles. The zero-order valence-corrected chi connectivity index (χ0v) is 21.0. The Balaban J connectivity index is 0.00000280. The van der Waals surface area contributed by atoms with Crippen LogP contribution in [0.5, 0.6) is 0 Å². The summed E-state index contributed by atoms with van der Waals surface area (Å²) in [6, 6.07) is 15.5. The van der Waals surface area contributed by atoms with Crippen molar-refractivity contribution in [1.82, 2.24) is 24.7 Å². The summed E-state index contributed by atoms with van der Waals surface area (Å²) >= 11 is 0. The maximum Gasteiger partial charge on any atom is 0.275 e. The summed E-state index contributed by atoms with van der Waals surface area (Å²) in [6.07, 6.45) is 6.78. The lowest BCUT2D eigenvalue weighted by atomic mass is 10.1. The van der Waals surface area contributed by atoms with Gasteiger partial charge in [0.2, 0.25) is 5.89 Å². The van der Waals surface area contributed by atoms with Gasteiger partial charge in [-0.1, -0.05) is 0 Å². The van der Waals surface area contributed by atoms with Crippen LogP contribution in [0, 0.1) is 6.92 Å². The van der Waals surface area contributed by atoms with Crippen molar-refractivity contribution < 1.29 is 9.21 Å². The first-order valence-electron chi connectivity index (χ1n) is 11.9. The van der Waals surface area contributed by atoms with Gasteiger partial charge in [0.25, 0.3) is 5.91 Å². The smallest absolute Gasteiger partial charge is 0.275 e. The van der Waals surface area contributed by atoms with Crippen molar-refractivity contribution in [2.24, 2.45) is 0 Å². The molecule has 1 aliphatic rings. The van der Waals surface area contributed by atoms with Crippen LogP contribution >= 0.6 is 12.4 Å². The molecular weight excluding hydrogens is 490 g/mol. The Morgan fingerprint density at radius 2 is 1.78 bits per heavy atom. The van der Waals surface area contributed by atoms with E-state index in [2.05, 4.69) is 32.7 Å². The molecule has 0 unspecified atom stereocenters. The number of carbonyl (C=O) groups is 1. The van der Waals surface area contributed by atoms with Gasteiger partial charge in [-0.3, -0.25) is 4.79 Å². The van der Waals surface area contributed by atoms with Crippen LogP contribution in [0.3, 0.4) is 0 Å². The van der Waals surface area contributed by atoms with Crippen LogP contribution in [0.25, 0.3) is 28.2 Å². The molecule has 4 aromatic heterocycles. The summed E-state index contributed by atoms with van der Waals surface area (Å²) < 4.78 is 7.26. The highest BCUT2D eigenvalue weighted by molar-refractivity contribution is 6.03. The summed E-state index contributed by atoms with van der Waals surface area (Å²) in [5.41, 5.74) is 5.43. The number of benzene rings is 1. The number of rotatable bonds is 5. The number of aryl methyl sites for hydroxylation is 1. The molecule has 5 heterocycles. The normalized spacial score (nSPS) is 13.4. The molecule has 10 heteroatoms. The maximum atomic E-state index is 13.0. The molecule has 1 fully saturated rings. The quantitative estimate of drug-likeness (QED) is 0.357. The molecule has 188 valence electrons. The van der Waals surface area contributed by atoms with E-state index in [0.717, 1.165) is 60.0 Å². The van der Waals surface area contributed by atoms with E-state index >= 15 is 0 Å². The van der Waals surface area contributed by atoms with Crippen LogP contribution in [0.1, 0.15) is 16.2 Å². The molecular formula is C27H26ClN7O2. The molecule has 0 atom stereocenters. The van der Waals surface area contributed by atoms with Gasteiger partial charge in [0.05, 0.1) is 6.20 Å². The Hall–Kier alpha value is -4.21. The number of anilines is 2. The van der Waals surface area contributed by atoms with Crippen LogP contribution in [0.2, 0.25) is 0 Å². The number of hydrogen-bond acceptors (Lipinski definition) is 7. The third-order valence-corrected chi connectivity index (χ3v) is 6.37. The molecule has 0 aliphatic carbocycles. The summed E-state index contributed by atoms with van der Waals surface area (Å²) in [5.74, 6) is 1.23. The average Bonchev–Trinajstić information content (AvgIpc) is 3.62. The lowest BCUT2D eigenvalue weighted by molar-refractivity contribution is 0.102. The Morgan fingerprint density at radius 3 is 2.49 bits per heavy atom. The molecule has 9 nitrogen and oxygen atoms in total. The molecule has 0 radical (unpaired) electrons. The lowest BCUT2D eigenvalue weighted by Crippen LogP contribution is -2.43. The lowest BCUT2D eigenvalue weighted by Gasteiger charge is -2.28. The number of halogens is 1.